The second kappa shape index (κ2) is 10.9. The molecule has 0 atom stereocenters. The molecule has 0 radical (unpaired) electrons. The number of thiazole rings is 1. The molecule has 0 aliphatic carbocycles. The highest BCUT2D eigenvalue weighted by molar-refractivity contribution is 14.1. The predicted octanol–water partition coefficient (Wildman–Crippen LogP) is 7.65. The summed E-state index contributed by atoms with van der Waals surface area (Å²) in [6.45, 7) is 1.92. The van der Waals surface area contributed by atoms with E-state index in [0.717, 1.165) is 32.9 Å². The van der Waals surface area contributed by atoms with Gasteiger partial charge in [-0.05, 0) is 100 Å². The molecule has 168 valence electrons. The maximum Gasteiger partial charge on any atom is 0.234 e. The molecule has 0 spiro atoms. The molecule has 0 aliphatic heterocycles. The molecule has 0 bridgehead atoms. The molecular formula is C23H16ClI2N3O2S2. The van der Waals surface area contributed by atoms with E-state index in [9.17, 15) is 9.90 Å². The van der Waals surface area contributed by atoms with E-state index in [-0.39, 0.29) is 17.4 Å². The van der Waals surface area contributed by atoms with Crippen molar-refractivity contribution < 1.29 is 9.90 Å². The number of nitrogens with zero attached hydrogens (tertiary/aromatic N) is 2. The maximum absolute atomic E-state index is 12.3. The molecule has 3 aromatic carbocycles. The highest BCUT2D eigenvalue weighted by Crippen LogP contribution is 2.32. The number of thioether (sulfide) groups is 1. The number of phenols is 1. The first kappa shape index (κ1) is 24.7. The predicted molar refractivity (Wildman–Crippen MR) is 156 cm³/mol. The lowest BCUT2D eigenvalue weighted by molar-refractivity contribution is -0.113. The van der Waals surface area contributed by atoms with Crippen molar-refractivity contribution in [1.29, 1.82) is 0 Å². The Morgan fingerprint density at radius 2 is 2.06 bits per heavy atom. The molecule has 4 rings (SSSR count). The van der Waals surface area contributed by atoms with Crippen LogP contribution in [0.25, 0.3) is 10.2 Å². The molecule has 0 fully saturated rings. The Morgan fingerprint density at radius 3 is 2.85 bits per heavy atom. The summed E-state index contributed by atoms with van der Waals surface area (Å²) in [4.78, 5) is 21.4. The van der Waals surface area contributed by atoms with E-state index in [2.05, 4.69) is 60.5 Å². The molecule has 0 saturated heterocycles. The summed E-state index contributed by atoms with van der Waals surface area (Å²) in [7, 11) is 0. The van der Waals surface area contributed by atoms with E-state index in [0.29, 0.717) is 16.3 Å². The van der Waals surface area contributed by atoms with Gasteiger partial charge in [0, 0.05) is 26.1 Å². The summed E-state index contributed by atoms with van der Waals surface area (Å²) < 4.78 is 3.62. The number of aryl methyl sites for hydroxylation is 1. The third kappa shape index (κ3) is 6.38. The second-order valence-corrected chi connectivity index (χ2v) is 12.1. The van der Waals surface area contributed by atoms with Gasteiger partial charge in [0.15, 0.2) is 4.34 Å². The zero-order valence-corrected chi connectivity index (χ0v) is 23.8. The van der Waals surface area contributed by atoms with E-state index in [1.807, 2.05) is 49.4 Å². The van der Waals surface area contributed by atoms with E-state index in [1.54, 1.807) is 12.3 Å². The smallest absolute Gasteiger partial charge is 0.234 e. The lowest BCUT2D eigenvalue weighted by atomic mass is 10.2. The topological polar surface area (TPSA) is 74.6 Å². The van der Waals surface area contributed by atoms with Gasteiger partial charge in [-0.15, -0.1) is 11.3 Å². The molecule has 10 heteroatoms. The largest absolute Gasteiger partial charge is 0.506 e. The van der Waals surface area contributed by atoms with Crippen LogP contribution < -0.4 is 5.32 Å². The highest BCUT2D eigenvalue weighted by Gasteiger charge is 2.10. The number of aliphatic imine (C=N–C) groups is 1. The van der Waals surface area contributed by atoms with Gasteiger partial charge in [0.25, 0.3) is 0 Å². The first-order chi connectivity index (χ1) is 15.8. The Hall–Kier alpha value is -1.41. The zero-order valence-electron chi connectivity index (χ0n) is 17.1. The summed E-state index contributed by atoms with van der Waals surface area (Å²) >= 11 is 13.4. The number of nitrogens with one attached hydrogen (secondary N) is 1. The zero-order chi connectivity index (χ0) is 23.5. The van der Waals surface area contributed by atoms with Gasteiger partial charge in [0.2, 0.25) is 5.91 Å². The summed E-state index contributed by atoms with van der Waals surface area (Å²) in [5, 5.41) is 13.7. The van der Waals surface area contributed by atoms with Crippen LogP contribution in [0.2, 0.25) is 5.02 Å². The van der Waals surface area contributed by atoms with E-state index in [4.69, 9.17) is 11.6 Å². The third-order valence-corrected chi connectivity index (χ3v) is 8.56. The van der Waals surface area contributed by atoms with Crippen LogP contribution in [0.4, 0.5) is 11.4 Å². The monoisotopic (exact) mass is 719 g/mol. The minimum absolute atomic E-state index is 0.114. The summed E-state index contributed by atoms with van der Waals surface area (Å²) in [5.41, 5.74) is 3.95. The lowest BCUT2D eigenvalue weighted by Crippen LogP contribution is -2.13. The molecule has 0 aliphatic rings. The molecule has 1 aromatic heterocycles. The van der Waals surface area contributed by atoms with Gasteiger partial charge in [-0.25, -0.2) is 4.98 Å². The fourth-order valence-corrected chi connectivity index (χ4v) is 6.83. The number of aromatic nitrogens is 1. The number of anilines is 1. The first-order valence-corrected chi connectivity index (χ1v) is 13.9. The Bertz CT molecular complexity index is 1390. The number of halogens is 3. The van der Waals surface area contributed by atoms with Crippen LogP contribution in [0, 0.1) is 14.1 Å². The Labute approximate surface area is 231 Å². The van der Waals surface area contributed by atoms with Crippen LogP contribution in [0.5, 0.6) is 5.75 Å². The molecule has 1 heterocycles. The van der Waals surface area contributed by atoms with Crippen molar-refractivity contribution >= 4 is 114 Å². The van der Waals surface area contributed by atoms with Gasteiger partial charge in [0.05, 0.1) is 25.2 Å². The number of fused-ring (bicyclic) bond motifs is 1. The maximum atomic E-state index is 12.3. The van der Waals surface area contributed by atoms with Crippen molar-refractivity contribution in [2.45, 2.75) is 11.3 Å². The number of carbonyl (C=O) groups excluding carboxylic acids is 1. The normalized spacial score (nSPS) is 11.4. The summed E-state index contributed by atoms with van der Waals surface area (Å²) in [6.07, 6.45) is 1.67. The Balaban J connectivity index is 1.42. The molecular weight excluding hydrogens is 704 g/mol. The average molecular weight is 720 g/mol. The van der Waals surface area contributed by atoms with Crippen LogP contribution in [-0.4, -0.2) is 28.0 Å². The van der Waals surface area contributed by atoms with E-state index >= 15 is 0 Å². The minimum Gasteiger partial charge on any atom is -0.506 e. The van der Waals surface area contributed by atoms with Gasteiger partial charge < -0.3 is 10.4 Å². The number of carbonyl (C=O) groups is 1. The molecule has 0 saturated carbocycles. The van der Waals surface area contributed by atoms with Gasteiger partial charge in [0.1, 0.15) is 5.75 Å². The van der Waals surface area contributed by atoms with E-state index < -0.39 is 0 Å². The van der Waals surface area contributed by atoms with Gasteiger partial charge in [-0.3, -0.25) is 9.79 Å². The van der Waals surface area contributed by atoms with Crippen molar-refractivity contribution in [3.05, 3.63) is 71.8 Å². The third-order valence-electron chi connectivity index (χ3n) is 4.55. The quantitative estimate of drug-likeness (QED) is 0.122. The molecule has 0 unspecified atom stereocenters. The fraction of sp³-hybridized carbons (Fsp3) is 0.0870. The lowest BCUT2D eigenvalue weighted by Gasteiger charge is -2.06. The molecule has 2 N–H and O–H groups in total. The minimum atomic E-state index is -0.114. The number of aromatic hydroxyl groups is 1. The number of phenolic OH excluding ortho intramolecular Hbond substituents is 1. The summed E-state index contributed by atoms with van der Waals surface area (Å²) in [6, 6.07) is 15.0. The van der Waals surface area contributed by atoms with Crippen LogP contribution >= 0.6 is 79.9 Å². The van der Waals surface area contributed by atoms with Crippen LogP contribution in [0.15, 0.2) is 57.9 Å². The van der Waals surface area contributed by atoms with Crippen LogP contribution in [0.1, 0.15) is 11.1 Å². The second-order valence-electron chi connectivity index (χ2n) is 7.02. The number of hydrogen-bond acceptors (Lipinski definition) is 6. The van der Waals surface area contributed by atoms with Crippen LogP contribution in [0.3, 0.4) is 0 Å². The standard InChI is InChI=1S/C23H16ClI2N3O2S2/c1-12-2-3-16(8-17(12)24)28-21(30)11-32-23-29-19-5-4-15(9-20(19)33-23)27-10-13-6-14(25)7-18(26)22(13)31/h2-10,31H,11H2,1H3,(H,28,30). The van der Waals surface area contributed by atoms with Gasteiger partial charge in [-0.2, -0.15) is 0 Å². The van der Waals surface area contributed by atoms with E-state index in [1.165, 1.54) is 23.1 Å². The Morgan fingerprint density at radius 1 is 1.24 bits per heavy atom. The van der Waals surface area contributed by atoms with Crippen molar-refractivity contribution in [3.8, 4) is 5.75 Å². The summed E-state index contributed by atoms with van der Waals surface area (Å²) in [5.74, 6) is 0.362. The van der Waals surface area contributed by atoms with Crippen molar-refractivity contribution in [3.63, 3.8) is 0 Å². The molecule has 4 aromatic rings. The highest BCUT2D eigenvalue weighted by atomic mass is 127. The molecule has 33 heavy (non-hydrogen) atoms. The van der Waals surface area contributed by atoms with Crippen molar-refractivity contribution in [2.24, 2.45) is 4.99 Å². The van der Waals surface area contributed by atoms with Gasteiger partial charge >= 0.3 is 0 Å². The van der Waals surface area contributed by atoms with Crippen LogP contribution in [-0.2, 0) is 4.79 Å². The number of hydrogen-bond donors (Lipinski definition) is 2. The molecule has 1 amide bonds. The molecule has 5 nitrogen and oxygen atoms in total. The van der Waals surface area contributed by atoms with Crippen molar-refractivity contribution in [1.82, 2.24) is 4.98 Å². The van der Waals surface area contributed by atoms with Gasteiger partial charge in [-0.1, -0.05) is 29.4 Å². The Kier molecular flexibility index (Phi) is 8.15. The fourth-order valence-electron chi connectivity index (χ4n) is 2.86. The first-order valence-electron chi connectivity index (χ1n) is 9.60. The number of rotatable bonds is 6. The SMILES string of the molecule is Cc1ccc(NC(=O)CSc2nc3ccc(N=Cc4cc(I)cc(I)c4O)cc3s2)cc1Cl. The van der Waals surface area contributed by atoms with Crippen molar-refractivity contribution in [2.75, 3.05) is 11.1 Å². The number of amides is 1. The number of benzene rings is 3. The average Bonchev–Trinajstić information content (AvgIpc) is 3.18.